The number of carbonyl (C=O) groups is 1. The number of aromatic nitrogens is 1. The number of pyridine rings is 1. The maximum atomic E-state index is 10.9. The van der Waals surface area contributed by atoms with Gasteiger partial charge in [0.25, 0.3) is 0 Å². The molecule has 4 nitrogen and oxygen atoms in total. The van der Waals surface area contributed by atoms with Crippen LogP contribution in [-0.4, -0.2) is 17.6 Å². The predicted octanol–water partition coefficient (Wildman–Crippen LogP) is 2.63. The van der Waals surface area contributed by atoms with Gasteiger partial charge in [-0.3, -0.25) is 9.78 Å². The van der Waals surface area contributed by atoms with Crippen LogP contribution in [0.25, 0.3) is 0 Å². The Labute approximate surface area is 101 Å². The molecule has 2 rings (SSSR count). The lowest BCUT2D eigenvalue weighted by molar-refractivity contribution is -0.113. The Morgan fingerprint density at radius 3 is 3.12 bits per heavy atom. The van der Waals surface area contributed by atoms with Crippen LogP contribution in [0, 0.1) is 6.92 Å². The van der Waals surface area contributed by atoms with E-state index < -0.39 is 0 Å². The van der Waals surface area contributed by atoms with E-state index in [0.717, 1.165) is 42.6 Å². The average molecular weight is 235 g/mol. The quantitative estimate of drug-likeness (QED) is 0.753. The van der Waals surface area contributed by atoms with Crippen molar-refractivity contribution >= 4 is 6.29 Å². The van der Waals surface area contributed by atoms with Crippen LogP contribution in [-0.2, 0) is 11.3 Å². The molecule has 0 spiro atoms. The molecule has 1 atom stereocenters. The first-order chi connectivity index (χ1) is 8.26. The number of aldehydes is 1. The second-order valence-electron chi connectivity index (χ2n) is 4.23. The first-order valence-electron chi connectivity index (χ1n) is 5.98. The molecule has 1 aromatic heterocycles. The molecule has 0 saturated heterocycles. The van der Waals surface area contributed by atoms with Gasteiger partial charge in [0.05, 0.1) is 12.3 Å². The van der Waals surface area contributed by atoms with Gasteiger partial charge in [0.2, 0.25) is 0 Å². The maximum absolute atomic E-state index is 10.9. The van der Waals surface area contributed by atoms with E-state index in [4.69, 9.17) is 9.47 Å². The van der Waals surface area contributed by atoms with E-state index in [0.29, 0.717) is 12.2 Å². The van der Waals surface area contributed by atoms with Crippen LogP contribution in [0.3, 0.4) is 0 Å². The zero-order valence-corrected chi connectivity index (χ0v) is 10.2. The van der Waals surface area contributed by atoms with Crippen molar-refractivity contribution < 1.29 is 14.3 Å². The minimum absolute atomic E-state index is 0.204. The fourth-order valence-electron chi connectivity index (χ4n) is 1.91. The van der Waals surface area contributed by atoms with Crippen LogP contribution < -0.4 is 4.74 Å². The van der Waals surface area contributed by atoms with E-state index >= 15 is 0 Å². The summed E-state index contributed by atoms with van der Waals surface area (Å²) in [4.78, 5) is 15.1. The van der Waals surface area contributed by atoms with Crippen molar-refractivity contribution in [2.75, 3.05) is 0 Å². The summed E-state index contributed by atoms with van der Waals surface area (Å²) in [7, 11) is 0. The predicted molar refractivity (Wildman–Crippen MR) is 63.1 cm³/mol. The van der Waals surface area contributed by atoms with E-state index in [1.165, 1.54) is 0 Å². The van der Waals surface area contributed by atoms with E-state index in [-0.39, 0.29) is 6.29 Å². The van der Waals surface area contributed by atoms with Gasteiger partial charge < -0.3 is 9.47 Å². The van der Waals surface area contributed by atoms with Crippen LogP contribution >= 0.6 is 0 Å². The van der Waals surface area contributed by atoms with Crippen molar-refractivity contribution in [2.24, 2.45) is 0 Å². The van der Waals surface area contributed by atoms with Gasteiger partial charge in [0.1, 0.15) is 5.75 Å². The summed E-state index contributed by atoms with van der Waals surface area (Å²) in [5.41, 5.74) is 2.19. The van der Waals surface area contributed by atoms with Crippen molar-refractivity contribution in [1.29, 1.82) is 0 Å². The van der Waals surface area contributed by atoms with E-state index in [2.05, 4.69) is 11.9 Å². The number of carbonyl (C=O) groups excluding carboxylic acids is 1. The summed E-state index contributed by atoms with van der Waals surface area (Å²) in [6.07, 6.45) is 5.22. The number of fused-ring (bicyclic) bond motifs is 1. The number of hydrogen-bond acceptors (Lipinski definition) is 4. The summed E-state index contributed by atoms with van der Waals surface area (Å²) in [6.45, 7) is 4.45. The van der Waals surface area contributed by atoms with Gasteiger partial charge >= 0.3 is 0 Å². The van der Waals surface area contributed by atoms with Gasteiger partial charge in [-0.1, -0.05) is 13.3 Å². The van der Waals surface area contributed by atoms with E-state index in [9.17, 15) is 4.79 Å². The SMILES string of the molecule is CCCCC1OCc2c(C=O)cnc(C)c2O1. The average Bonchev–Trinajstić information content (AvgIpc) is 2.37. The largest absolute Gasteiger partial charge is 0.463 e. The molecule has 4 heteroatoms. The summed E-state index contributed by atoms with van der Waals surface area (Å²) >= 11 is 0. The highest BCUT2D eigenvalue weighted by atomic mass is 16.7. The molecule has 0 N–H and O–H groups in total. The van der Waals surface area contributed by atoms with Crippen LogP contribution in [0.5, 0.6) is 5.75 Å². The molecule has 0 radical (unpaired) electrons. The lowest BCUT2D eigenvalue weighted by atomic mass is 10.1. The zero-order valence-electron chi connectivity index (χ0n) is 10.2. The third-order valence-electron chi connectivity index (χ3n) is 2.93. The van der Waals surface area contributed by atoms with Crippen LogP contribution in [0.2, 0.25) is 0 Å². The van der Waals surface area contributed by atoms with Crippen molar-refractivity contribution in [3.05, 3.63) is 23.0 Å². The second-order valence-corrected chi connectivity index (χ2v) is 4.23. The first-order valence-corrected chi connectivity index (χ1v) is 5.98. The third kappa shape index (κ3) is 2.47. The number of nitrogens with zero attached hydrogens (tertiary/aromatic N) is 1. The fourth-order valence-corrected chi connectivity index (χ4v) is 1.91. The molecule has 0 amide bonds. The van der Waals surface area contributed by atoms with Crippen molar-refractivity contribution in [3.63, 3.8) is 0 Å². The van der Waals surface area contributed by atoms with Gasteiger partial charge in [0, 0.05) is 23.7 Å². The lowest BCUT2D eigenvalue weighted by Crippen LogP contribution is -2.27. The fraction of sp³-hybridized carbons (Fsp3) is 0.538. The Hall–Kier alpha value is -1.42. The van der Waals surface area contributed by atoms with Crippen LogP contribution in [0.1, 0.15) is 47.8 Å². The Balaban J connectivity index is 2.22. The highest BCUT2D eigenvalue weighted by Gasteiger charge is 2.24. The van der Waals surface area contributed by atoms with Crippen molar-refractivity contribution in [2.45, 2.75) is 46.0 Å². The van der Waals surface area contributed by atoms with Gasteiger partial charge in [-0.15, -0.1) is 0 Å². The molecule has 2 heterocycles. The maximum Gasteiger partial charge on any atom is 0.200 e. The number of aryl methyl sites for hydroxylation is 1. The Morgan fingerprint density at radius 2 is 2.41 bits per heavy atom. The van der Waals surface area contributed by atoms with Gasteiger partial charge in [-0.05, 0) is 13.3 Å². The van der Waals surface area contributed by atoms with Gasteiger partial charge in [-0.25, -0.2) is 0 Å². The monoisotopic (exact) mass is 235 g/mol. The second kappa shape index (κ2) is 5.27. The van der Waals surface area contributed by atoms with Crippen molar-refractivity contribution in [3.8, 4) is 5.75 Å². The van der Waals surface area contributed by atoms with Gasteiger partial charge in [-0.2, -0.15) is 0 Å². The smallest absolute Gasteiger partial charge is 0.200 e. The molecule has 0 saturated carbocycles. The number of rotatable bonds is 4. The number of unbranched alkanes of at least 4 members (excludes halogenated alkanes) is 1. The van der Waals surface area contributed by atoms with E-state index in [1.807, 2.05) is 6.92 Å². The third-order valence-corrected chi connectivity index (χ3v) is 2.93. The van der Waals surface area contributed by atoms with E-state index in [1.54, 1.807) is 6.20 Å². The number of hydrogen-bond donors (Lipinski definition) is 0. The zero-order chi connectivity index (χ0) is 12.3. The molecule has 1 unspecified atom stereocenters. The molecule has 1 aliphatic heterocycles. The molecule has 0 aromatic carbocycles. The molecule has 0 bridgehead atoms. The summed E-state index contributed by atoms with van der Waals surface area (Å²) < 4.78 is 11.4. The Bertz CT molecular complexity index is 417. The first kappa shape index (κ1) is 12.0. The van der Waals surface area contributed by atoms with Crippen molar-refractivity contribution in [1.82, 2.24) is 4.98 Å². The molecule has 1 aliphatic rings. The number of ether oxygens (including phenoxy) is 2. The molecule has 17 heavy (non-hydrogen) atoms. The lowest BCUT2D eigenvalue weighted by Gasteiger charge is -2.27. The van der Waals surface area contributed by atoms with Gasteiger partial charge in [0.15, 0.2) is 12.6 Å². The summed E-state index contributed by atoms with van der Waals surface area (Å²) in [5, 5.41) is 0. The Morgan fingerprint density at radius 1 is 1.59 bits per heavy atom. The molecule has 0 fully saturated rings. The molecular formula is C13H17NO3. The van der Waals surface area contributed by atoms with Crippen LogP contribution in [0.15, 0.2) is 6.20 Å². The topological polar surface area (TPSA) is 48.4 Å². The minimum atomic E-state index is -0.204. The molecule has 0 aliphatic carbocycles. The molecular weight excluding hydrogens is 218 g/mol. The normalized spacial score (nSPS) is 18.4. The minimum Gasteiger partial charge on any atom is -0.463 e. The molecule has 1 aromatic rings. The summed E-state index contributed by atoms with van der Waals surface area (Å²) in [6, 6.07) is 0. The highest BCUT2D eigenvalue weighted by molar-refractivity contribution is 5.78. The highest BCUT2D eigenvalue weighted by Crippen LogP contribution is 2.31. The Kier molecular flexibility index (Phi) is 3.74. The van der Waals surface area contributed by atoms with Crippen LogP contribution in [0.4, 0.5) is 0 Å². The summed E-state index contributed by atoms with van der Waals surface area (Å²) in [5.74, 6) is 0.724. The molecule has 92 valence electrons. The standard InChI is InChI=1S/C13H17NO3/c1-3-4-5-12-16-8-11-10(7-15)6-14-9(2)13(11)17-12/h6-7,12H,3-5,8H2,1-2H3.